The van der Waals surface area contributed by atoms with Crippen LogP contribution in [0.15, 0.2) is 24.3 Å². The number of hydrogen-bond donors (Lipinski definition) is 2. The molecular weight excluding hydrogens is 282 g/mol. The molecule has 0 bridgehead atoms. The lowest BCUT2D eigenvalue weighted by Crippen LogP contribution is -2.45. The molecular formula is C16H21N3O3. The third-order valence-corrected chi connectivity index (χ3v) is 3.74. The highest BCUT2D eigenvalue weighted by Crippen LogP contribution is 2.10. The second-order valence-electron chi connectivity index (χ2n) is 5.42. The van der Waals surface area contributed by atoms with E-state index >= 15 is 0 Å². The van der Waals surface area contributed by atoms with Crippen LogP contribution in [0.3, 0.4) is 0 Å². The van der Waals surface area contributed by atoms with Gasteiger partial charge >= 0.3 is 0 Å². The summed E-state index contributed by atoms with van der Waals surface area (Å²) in [6.45, 7) is 3.69. The van der Waals surface area contributed by atoms with Crippen molar-refractivity contribution in [3.63, 3.8) is 0 Å². The number of rotatable bonds is 6. The molecule has 1 fully saturated rings. The summed E-state index contributed by atoms with van der Waals surface area (Å²) in [7, 11) is 0. The maximum atomic E-state index is 12.2. The predicted molar refractivity (Wildman–Crippen MR) is 82.1 cm³/mol. The third kappa shape index (κ3) is 4.07. The van der Waals surface area contributed by atoms with Crippen LogP contribution >= 0.6 is 0 Å². The molecule has 1 unspecified atom stereocenters. The van der Waals surface area contributed by atoms with Crippen molar-refractivity contribution < 1.29 is 14.4 Å². The Kier molecular flexibility index (Phi) is 5.52. The number of carbonyl (C=O) groups excluding carboxylic acids is 3. The van der Waals surface area contributed by atoms with E-state index in [0.29, 0.717) is 18.5 Å². The standard InChI is InChI=1S/C16H21N3O3/c1-12(16(22)19-8-2-3-9-19)18-15(21)14-6-4-13(5-7-14)10-17-11-20/h4-7,11-12H,2-3,8-10H2,1H3,(H,17,20)(H,18,21). The molecule has 0 radical (unpaired) electrons. The monoisotopic (exact) mass is 303 g/mol. The van der Waals surface area contributed by atoms with Gasteiger partial charge in [0.2, 0.25) is 12.3 Å². The largest absolute Gasteiger partial charge is 0.355 e. The first-order valence-electron chi connectivity index (χ1n) is 7.47. The van der Waals surface area contributed by atoms with Crippen LogP contribution in [0.1, 0.15) is 35.7 Å². The lowest BCUT2D eigenvalue weighted by molar-refractivity contribution is -0.131. The van der Waals surface area contributed by atoms with Crippen molar-refractivity contribution in [1.82, 2.24) is 15.5 Å². The Hall–Kier alpha value is -2.37. The van der Waals surface area contributed by atoms with E-state index in [0.717, 1.165) is 31.5 Å². The first kappa shape index (κ1) is 16.0. The minimum absolute atomic E-state index is 0.0300. The highest BCUT2D eigenvalue weighted by atomic mass is 16.2. The normalized spacial score (nSPS) is 15.2. The van der Waals surface area contributed by atoms with Crippen LogP contribution in [0.5, 0.6) is 0 Å². The fraction of sp³-hybridized carbons (Fsp3) is 0.438. The SMILES string of the molecule is CC(NC(=O)c1ccc(CNC=O)cc1)C(=O)N1CCCC1. The fourth-order valence-corrected chi connectivity index (χ4v) is 2.49. The van der Waals surface area contributed by atoms with Crippen LogP contribution in [0.25, 0.3) is 0 Å². The van der Waals surface area contributed by atoms with E-state index < -0.39 is 6.04 Å². The number of nitrogens with zero attached hydrogens (tertiary/aromatic N) is 1. The number of likely N-dealkylation sites (tertiary alicyclic amines) is 1. The first-order chi connectivity index (χ1) is 10.6. The summed E-state index contributed by atoms with van der Waals surface area (Å²) in [5.74, 6) is -0.299. The van der Waals surface area contributed by atoms with Crippen LogP contribution < -0.4 is 10.6 Å². The van der Waals surface area contributed by atoms with Crippen molar-refractivity contribution in [3.05, 3.63) is 35.4 Å². The minimum atomic E-state index is -0.526. The van der Waals surface area contributed by atoms with Gasteiger partial charge in [-0.25, -0.2) is 0 Å². The molecule has 22 heavy (non-hydrogen) atoms. The van der Waals surface area contributed by atoms with Gasteiger partial charge in [-0.2, -0.15) is 0 Å². The number of hydrogen-bond acceptors (Lipinski definition) is 3. The highest BCUT2D eigenvalue weighted by molar-refractivity contribution is 5.97. The number of carbonyl (C=O) groups is 3. The maximum Gasteiger partial charge on any atom is 0.251 e. The third-order valence-electron chi connectivity index (χ3n) is 3.74. The second-order valence-corrected chi connectivity index (χ2v) is 5.42. The zero-order valence-electron chi connectivity index (χ0n) is 12.7. The molecule has 1 aromatic carbocycles. The molecule has 1 saturated heterocycles. The van der Waals surface area contributed by atoms with Crippen molar-refractivity contribution >= 4 is 18.2 Å². The molecule has 6 heteroatoms. The molecule has 0 aliphatic carbocycles. The predicted octanol–water partition coefficient (Wildman–Crippen LogP) is 0.673. The van der Waals surface area contributed by atoms with Gasteiger partial charge in [-0.1, -0.05) is 12.1 Å². The van der Waals surface area contributed by atoms with E-state index in [9.17, 15) is 14.4 Å². The average molecular weight is 303 g/mol. The summed E-state index contributed by atoms with van der Waals surface area (Å²) >= 11 is 0. The molecule has 6 nitrogen and oxygen atoms in total. The number of benzene rings is 1. The molecule has 2 N–H and O–H groups in total. The molecule has 0 aromatic heterocycles. The molecule has 1 atom stereocenters. The van der Waals surface area contributed by atoms with Crippen molar-refractivity contribution in [2.75, 3.05) is 13.1 Å². The molecule has 118 valence electrons. The average Bonchev–Trinajstić information content (AvgIpc) is 3.06. The van der Waals surface area contributed by atoms with E-state index in [4.69, 9.17) is 0 Å². The zero-order valence-corrected chi connectivity index (χ0v) is 12.7. The van der Waals surface area contributed by atoms with Gasteiger partial charge in [-0.15, -0.1) is 0 Å². The number of nitrogens with one attached hydrogen (secondary N) is 2. The topological polar surface area (TPSA) is 78.5 Å². The van der Waals surface area contributed by atoms with Crippen molar-refractivity contribution in [3.8, 4) is 0 Å². The molecule has 1 aliphatic rings. The Morgan fingerprint density at radius 1 is 1.23 bits per heavy atom. The molecule has 1 heterocycles. The second kappa shape index (κ2) is 7.59. The Balaban J connectivity index is 1.90. The number of amides is 3. The Labute approximate surface area is 129 Å². The lowest BCUT2D eigenvalue weighted by atomic mass is 10.1. The van der Waals surface area contributed by atoms with Crippen LogP contribution in [-0.4, -0.2) is 42.3 Å². The lowest BCUT2D eigenvalue weighted by Gasteiger charge is -2.21. The van der Waals surface area contributed by atoms with Crippen LogP contribution in [0.4, 0.5) is 0 Å². The summed E-state index contributed by atoms with van der Waals surface area (Å²) in [6, 6.07) is 6.40. The smallest absolute Gasteiger partial charge is 0.251 e. The molecule has 1 aliphatic heterocycles. The van der Waals surface area contributed by atoms with E-state index in [-0.39, 0.29) is 11.8 Å². The Morgan fingerprint density at radius 2 is 1.86 bits per heavy atom. The summed E-state index contributed by atoms with van der Waals surface area (Å²) in [5.41, 5.74) is 1.40. The Bertz CT molecular complexity index is 536. The Morgan fingerprint density at radius 3 is 2.45 bits per heavy atom. The quantitative estimate of drug-likeness (QED) is 0.758. The van der Waals surface area contributed by atoms with E-state index in [1.165, 1.54) is 0 Å². The van der Waals surface area contributed by atoms with E-state index in [2.05, 4.69) is 10.6 Å². The van der Waals surface area contributed by atoms with Gasteiger partial charge in [-0.3, -0.25) is 14.4 Å². The summed E-state index contributed by atoms with van der Waals surface area (Å²) < 4.78 is 0. The van der Waals surface area contributed by atoms with Crippen LogP contribution in [-0.2, 0) is 16.1 Å². The van der Waals surface area contributed by atoms with Gasteiger partial charge in [0.25, 0.3) is 5.91 Å². The molecule has 1 aromatic rings. The summed E-state index contributed by atoms with van der Waals surface area (Å²) in [5, 5.41) is 5.29. The van der Waals surface area contributed by atoms with Gasteiger partial charge in [0, 0.05) is 25.2 Å². The van der Waals surface area contributed by atoms with Crippen LogP contribution in [0.2, 0.25) is 0 Å². The molecule has 2 rings (SSSR count). The van der Waals surface area contributed by atoms with Gasteiger partial charge in [-0.05, 0) is 37.5 Å². The maximum absolute atomic E-state index is 12.2. The summed E-state index contributed by atoms with van der Waals surface area (Å²) in [6.07, 6.45) is 2.69. The molecule has 0 saturated carbocycles. The first-order valence-corrected chi connectivity index (χ1v) is 7.47. The van der Waals surface area contributed by atoms with E-state index in [1.807, 2.05) is 0 Å². The fourth-order valence-electron chi connectivity index (χ4n) is 2.49. The zero-order chi connectivity index (χ0) is 15.9. The van der Waals surface area contributed by atoms with Gasteiger partial charge < -0.3 is 15.5 Å². The molecule has 3 amide bonds. The highest BCUT2D eigenvalue weighted by Gasteiger charge is 2.24. The molecule has 0 spiro atoms. The van der Waals surface area contributed by atoms with Gasteiger partial charge in [0.15, 0.2) is 0 Å². The van der Waals surface area contributed by atoms with Crippen molar-refractivity contribution in [2.24, 2.45) is 0 Å². The summed E-state index contributed by atoms with van der Waals surface area (Å²) in [4.78, 5) is 36.3. The van der Waals surface area contributed by atoms with Gasteiger partial charge in [0.05, 0.1) is 0 Å². The van der Waals surface area contributed by atoms with Crippen molar-refractivity contribution in [2.45, 2.75) is 32.4 Å². The van der Waals surface area contributed by atoms with Crippen molar-refractivity contribution in [1.29, 1.82) is 0 Å². The van der Waals surface area contributed by atoms with E-state index in [1.54, 1.807) is 36.1 Å². The minimum Gasteiger partial charge on any atom is -0.355 e. The van der Waals surface area contributed by atoms with Gasteiger partial charge in [0.1, 0.15) is 6.04 Å². The van der Waals surface area contributed by atoms with Crippen LogP contribution in [0, 0.1) is 0 Å².